The van der Waals surface area contributed by atoms with Gasteiger partial charge in [0, 0.05) is 51.0 Å². The van der Waals surface area contributed by atoms with Crippen LogP contribution >= 0.6 is 0 Å². The zero-order valence-corrected chi connectivity index (χ0v) is 24.1. The van der Waals surface area contributed by atoms with Crippen molar-refractivity contribution in [1.82, 2.24) is 24.4 Å². The minimum Gasteiger partial charge on any atom is -0.496 e. The van der Waals surface area contributed by atoms with Gasteiger partial charge in [-0.05, 0) is 74.3 Å². The van der Waals surface area contributed by atoms with Crippen LogP contribution in [0.25, 0.3) is 5.65 Å². The number of hydrogen-bond acceptors (Lipinski definition) is 7. The molecule has 11 heteroatoms. The predicted octanol–water partition coefficient (Wildman–Crippen LogP) is 4.67. The van der Waals surface area contributed by atoms with Gasteiger partial charge < -0.3 is 19.9 Å². The van der Waals surface area contributed by atoms with E-state index in [2.05, 4.69) is 27.3 Å². The Morgan fingerprint density at radius 1 is 1.10 bits per heavy atom. The quantitative estimate of drug-likeness (QED) is 0.343. The largest absolute Gasteiger partial charge is 0.496 e. The maximum Gasteiger partial charge on any atom is 0.259 e. The van der Waals surface area contributed by atoms with Crippen LogP contribution in [-0.2, 0) is 6.54 Å². The van der Waals surface area contributed by atoms with Gasteiger partial charge in [-0.15, -0.1) is 0 Å². The predicted molar refractivity (Wildman–Crippen MR) is 157 cm³/mol. The number of amides is 1. The molecular weight excluding hydrogens is 540 g/mol. The lowest BCUT2D eigenvalue weighted by molar-refractivity contribution is 0.102. The first-order valence-electron chi connectivity index (χ1n) is 14.3. The second kappa shape index (κ2) is 11.7. The fourth-order valence-corrected chi connectivity index (χ4v) is 5.93. The first kappa shape index (κ1) is 28.0. The molecule has 1 atom stereocenters. The number of rotatable bonds is 7. The summed E-state index contributed by atoms with van der Waals surface area (Å²) in [5.74, 6) is -0.134. The highest BCUT2D eigenvalue weighted by Crippen LogP contribution is 2.37. The number of likely N-dealkylation sites (N-methyl/N-ethyl adjacent to an activating group) is 1. The van der Waals surface area contributed by atoms with Crippen LogP contribution in [0.1, 0.15) is 45.9 Å². The number of carbonyl (C=O) groups is 1. The molecule has 6 rings (SSSR count). The lowest BCUT2D eigenvalue weighted by Gasteiger charge is -2.32. The third-order valence-corrected chi connectivity index (χ3v) is 8.36. The second-order valence-electron chi connectivity index (χ2n) is 11.1. The number of fused-ring (bicyclic) bond motifs is 1. The summed E-state index contributed by atoms with van der Waals surface area (Å²) >= 11 is 0. The zero-order chi connectivity index (χ0) is 29.4. The monoisotopic (exact) mass is 575 g/mol. The van der Waals surface area contributed by atoms with E-state index in [9.17, 15) is 13.6 Å². The first-order chi connectivity index (χ1) is 20.3. The number of benzene rings is 2. The first-order valence-corrected chi connectivity index (χ1v) is 14.3. The number of methoxy groups -OCH3 is 1. The molecular formula is C31H35F2N7O2. The molecule has 1 N–H and O–H groups in total. The van der Waals surface area contributed by atoms with E-state index in [1.165, 1.54) is 6.07 Å². The van der Waals surface area contributed by atoms with E-state index in [1.807, 2.05) is 24.0 Å². The molecule has 4 aromatic rings. The van der Waals surface area contributed by atoms with Crippen molar-refractivity contribution in [3.05, 3.63) is 82.7 Å². The van der Waals surface area contributed by atoms with Crippen LogP contribution in [0.5, 0.6) is 5.75 Å². The van der Waals surface area contributed by atoms with Gasteiger partial charge in [0.1, 0.15) is 28.9 Å². The summed E-state index contributed by atoms with van der Waals surface area (Å²) in [5, 5.41) is 7.31. The van der Waals surface area contributed by atoms with Crippen molar-refractivity contribution < 1.29 is 18.3 Å². The molecule has 0 spiro atoms. The van der Waals surface area contributed by atoms with Gasteiger partial charge in [-0.3, -0.25) is 9.69 Å². The van der Waals surface area contributed by atoms with E-state index in [4.69, 9.17) is 9.72 Å². The summed E-state index contributed by atoms with van der Waals surface area (Å²) in [6.07, 6.45) is 4.81. The highest BCUT2D eigenvalue weighted by atomic mass is 19.1. The second-order valence-corrected chi connectivity index (χ2v) is 11.1. The van der Waals surface area contributed by atoms with Crippen LogP contribution in [0.3, 0.4) is 0 Å². The van der Waals surface area contributed by atoms with E-state index < -0.39 is 11.6 Å². The number of aryl methyl sites for hydroxylation is 1. The van der Waals surface area contributed by atoms with Crippen LogP contribution in [0.4, 0.5) is 20.3 Å². The van der Waals surface area contributed by atoms with Crippen molar-refractivity contribution in [1.29, 1.82) is 0 Å². The molecule has 1 amide bonds. The number of carbonyl (C=O) groups excluding carboxylic acids is 1. The minimum absolute atomic E-state index is 0.315. The number of anilines is 2. The summed E-state index contributed by atoms with van der Waals surface area (Å²) in [7, 11) is 3.70. The summed E-state index contributed by atoms with van der Waals surface area (Å²) in [5.41, 5.74) is 3.78. The Kier molecular flexibility index (Phi) is 7.78. The van der Waals surface area contributed by atoms with Crippen LogP contribution in [0.15, 0.2) is 48.8 Å². The molecule has 42 heavy (non-hydrogen) atoms. The number of nitrogens with one attached hydrogen (secondary N) is 1. The van der Waals surface area contributed by atoms with Gasteiger partial charge in [0.2, 0.25) is 0 Å². The third-order valence-electron chi connectivity index (χ3n) is 8.36. The number of ether oxygens (including phenoxy) is 1. The van der Waals surface area contributed by atoms with Crippen molar-refractivity contribution in [3.63, 3.8) is 0 Å². The average Bonchev–Trinajstić information content (AvgIpc) is 3.63. The summed E-state index contributed by atoms with van der Waals surface area (Å²) < 4.78 is 35.8. The average molecular weight is 576 g/mol. The molecule has 4 heterocycles. The standard InChI is InChI=1S/C31H35F2N7O2/c1-20-15-24(28(42-3)16-21(20)19-38-13-11-37(2)12-14-38)31(41)35-26-18-34-40-10-8-29(36-30(26)40)39-9-4-5-27(39)23-17-22(32)6-7-25(23)33/h6-8,10,15-18,27H,4-5,9,11-14,19H2,1-3H3,(H,35,41). The summed E-state index contributed by atoms with van der Waals surface area (Å²) in [6.45, 7) is 7.53. The molecule has 0 bridgehead atoms. The smallest absolute Gasteiger partial charge is 0.259 e. The molecule has 2 aliphatic rings. The fourth-order valence-electron chi connectivity index (χ4n) is 5.93. The Bertz CT molecular complexity index is 1620. The van der Waals surface area contributed by atoms with E-state index in [0.29, 0.717) is 47.0 Å². The van der Waals surface area contributed by atoms with Gasteiger partial charge in [0.25, 0.3) is 5.91 Å². The van der Waals surface area contributed by atoms with Crippen molar-refractivity contribution in [3.8, 4) is 5.75 Å². The molecule has 0 radical (unpaired) electrons. The van der Waals surface area contributed by atoms with Crippen molar-refractivity contribution in [2.45, 2.75) is 32.4 Å². The Balaban J connectivity index is 1.24. The number of halogens is 2. The van der Waals surface area contributed by atoms with Crippen LogP contribution in [-0.4, -0.2) is 77.2 Å². The molecule has 2 aromatic carbocycles. The molecule has 0 saturated carbocycles. The molecule has 220 valence electrons. The number of piperazine rings is 1. The van der Waals surface area contributed by atoms with E-state index in [-0.39, 0.29) is 11.9 Å². The van der Waals surface area contributed by atoms with Gasteiger partial charge in [0.15, 0.2) is 5.65 Å². The zero-order valence-electron chi connectivity index (χ0n) is 24.1. The van der Waals surface area contributed by atoms with Gasteiger partial charge in [-0.25, -0.2) is 18.3 Å². The topological polar surface area (TPSA) is 78.2 Å². The molecule has 2 aliphatic heterocycles. The Hall–Kier alpha value is -4.09. The van der Waals surface area contributed by atoms with Gasteiger partial charge in [-0.2, -0.15) is 5.10 Å². The van der Waals surface area contributed by atoms with Crippen LogP contribution in [0.2, 0.25) is 0 Å². The Morgan fingerprint density at radius 2 is 1.90 bits per heavy atom. The van der Waals surface area contributed by atoms with E-state index >= 15 is 0 Å². The summed E-state index contributed by atoms with van der Waals surface area (Å²) in [4.78, 5) is 25.0. The lowest BCUT2D eigenvalue weighted by Crippen LogP contribution is -2.44. The van der Waals surface area contributed by atoms with Gasteiger partial charge in [0.05, 0.1) is 24.9 Å². The van der Waals surface area contributed by atoms with Crippen molar-refractivity contribution in [2.75, 3.05) is 57.1 Å². The van der Waals surface area contributed by atoms with Gasteiger partial charge >= 0.3 is 0 Å². The molecule has 2 fully saturated rings. The third kappa shape index (κ3) is 5.54. The normalized spacial score (nSPS) is 18.1. The lowest BCUT2D eigenvalue weighted by atomic mass is 10.0. The number of nitrogens with zero attached hydrogens (tertiary/aromatic N) is 6. The van der Waals surface area contributed by atoms with E-state index in [0.717, 1.165) is 62.4 Å². The SMILES string of the molecule is COc1cc(CN2CCN(C)CC2)c(C)cc1C(=O)Nc1cnn2ccc(N3CCCC3c3cc(F)ccc3F)nc12. The molecule has 2 aromatic heterocycles. The van der Waals surface area contributed by atoms with E-state index in [1.54, 1.807) is 30.1 Å². The maximum absolute atomic E-state index is 14.6. The summed E-state index contributed by atoms with van der Waals surface area (Å²) in [6, 6.07) is 8.83. The van der Waals surface area contributed by atoms with Crippen LogP contribution < -0.4 is 15.0 Å². The molecule has 0 aliphatic carbocycles. The van der Waals surface area contributed by atoms with Crippen molar-refractivity contribution >= 4 is 23.1 Å². The van der Waals surface area contributed by atoms with Crippen molar-refractivity contribution in [2.24, 2.45) is 0 Å². The number of aromatic nitrogens is 3. The number of hydrogen-bond donors (Lipinski definition) is 1. The van der Waals surface area contributed by atoms with Gasteiger partial charge in [-0.1, -0.05) is 0 Å². The molecule has 9 nitrogen and oxygen atoms in total. The molecule has 1 unspecified atom stereocenters. The fraction of sp³-hybridized carbons (Fsp3) is 0.387. The highest BCUT2D eigenvalue weighted by Gasteiger charge is 2.30. The Labute approximate surface area is 243 Å². The Morgan fingerprint density at radius 3 is 2.69 bits per heavy atom. The molecule has 2 saturated heterocycles. The minimum atomic E-state index is -0.472. The van der Waals surface area contributed by atoms with Crippen LogP contribution in [0, 0.1) is 18.6 Å². The maximum atomic E-state index is 14.6. The highest BCUT2D eigenvalue weighted by molar-refractivity contribution is 6.08.